The fraction of sp³-hybridized carbons (Fsp3) is 0.154. The van der Waals surface area contributed by atoms with Gasteiger partial charge in [0.1, 0.15) is 23.9 Å². The molecule has 1 heterocycles. The van der Waals surface area contributed by atoms with Crippen LogP contribution in [0.1, 0.15) is 37.4 Å². The molecular weight excluding hydrogens is 408 g/mol. The molecule has 32 heavy (non-hydrogen) atoms. The predicted molar refractivity (Wildman–Crippen MR) is 119 cm³/mol. The summed E-state index contributed by atoms with van der Waals surface area (Å²) in [5, 5.41) is 0. The van der Waals surface area contributed by atoms with E-state index in [0.29, 0.717) is 29.2 Å². The van der Waals surface area contributed by atoms with E-state index in [0.717, 1.165) is 22.4 Å². The molecule has 1 aliphatic rings. The molecule has 0 radical (unpaired) electrons. The number of ether oxygens (including phenoxy) is 4. The molecule has 0 fully saturated rings. The van der Waals surface area contributed by atoms with Gasteiger partial charge in [0, 0.05) is 5.56 Å². The van der Waals surface area contributed by atoms with Crippen LogP contribution in [-0.4, -0.2) is 26.0 Å². The molecule has 0 saturated heterocycles. The van der Waals surface area contributed by atoms with Gasteiger partial charge in [-0.05, 0) is 60.5 Å². The first-order valence-corrected chi connectivity index (χ1v) is 10.0. The van der Waals surface area contributed by atoms with Crippen LogP contribution >= 0.6 is 0 Å². The number of benzene rings is 3. The number of carbonyl (C=O) groups excluding carboxylic acids is 2. The monoisotopic (exact) mass is 430 g/mol. The lowest BCUT2D eigenvalue weighted by Gasteiger charge is -2.12. The highest BCUT2D eigenvalue weighted by atomic mass is 16.5. The second-order valence-corrected chi connectivity index (χ2v) is 7.26. The fourth-order valence-electron chi connectivity index (χ4n) is 3.39. The third kappa shape index (κ3) is 4.21. The summed E-state index contributed by atoms with van der Waals surface area (Å²) < 4.78 is 21.7. The maximum absolute atomic E-state index is 12.8. The Hall–Kier alpha value is -4.06. The lowest BCUT2D eigenvalue weighted by molar-refractivity contribution is 0.0600. The van der Waals surface area contributed by atoms with E-state index in [9.17, 15) is 9.59 Å². The first kappa shape index (κ1) is 21.2. The molecule has 0 unspecified atom stereocenters. The molecule has 0 bridgehead atoms. The molecule has 4 rings (SSSR count). The van der Waals surface area contributed by atoms with Gasteiger partial charge in [0.05, 0.1) is 25.3 Å². The van der Waals surface area contributed by atoms with Gasteiger partial charge in [0.2, 0.25) is 5.78 Å². The van der Waals surface area contributed by atoms with Crippen molar-refractivity contribution in [1.82, 2.24) is 0 Å². The zero-order valence-electron chi connectivity index (χ0n) is 18.0. The molecule has 1 aliphatic heterocycles. The second-order valence-electron chi connectivity index (χ2n) is 7.26. The molecule has 3 aromatic rings. The summed E-state index contributed by atoms with van der Waals surface area (Å²) in [5.41, 5.74) is 3.43. The van der Waals surface area contributed by atoms with Gasteiger partial charge < -0.3 is 18.9 Å². The van der Waals surface area contributed by atoms with E-state index in [1.807, 2.05) is 31.2 Å². The van der Waals surface area contributed by atoms with Gasteiger partial charge in [-0.2, -0.15) is 0 Å². The maximum Gasteiger partial charge on any atom is 0.337 e. The van der Waals surface area contributed by atoms with Gasteiger partial charge in [-0.3, -0.25) is 4.79 Å². The molecule has 0 spiro atoms. The molecule has 0 amide bonds. The van der Waals surface area contributed by atoms with Crippen LogP contribution in [0.5, 0.6) is 17.2 Å². The van der Waals surface area contributed by atoms with Gasteiger partial charge in [-0.1, -0.05) is 24.3 Å². The zero-order chi connectivity index (χ0) is 22.7. The molecule has 0 N–H and O–H groups in total. The summed E-state index contributed by atoms with van der Waals surface area (Å²) in [6.07, 6.45) is 1.65. The molecule has 0 saturated carbocycles. The Balaban J connectivity index is 1.51. The largest absolute Gasteiger partial charge is 0.497 e. The van der Waals surface area contributed by atoms with Crippen molar-refractivity contribution in [3.63, 3.8) is 0 Å². The van der Waals surface area contributed by atoms with Crippen molar-refractivity contribution in [2.45, 2.75) is 13.5 Å². The number of hydrogen-bond donors (Lipinski definition) is 0. The van der Waals surface area contributed by atoms with Crippen molar-refractivity contribution in [3.05, 3.63) is 94.2 Å². The normalized spacial score (nSPS) is 13.5. The Labute approximate surface area is 186 Å². The van der Waals surface area contributed by atoms with Gasteiger partial charge >= 0.3 is 5.97 Å². The molecule has 0 atom stereocenters. The topological polar surface area (TPSA) is 71.1 Å². The van der Waals surface area contributed by atoms with Crippen LogP contribution < -0.4 is 14.2 Å². The summed E-state index contributed by atoms with van der Waals surface area (Å²) in [6, 6.07) is 17.9. The van der Waals surface area contributed by atoms with Crippen LogP contribution in [0.15, 0.2) is 66.4 Å². The zero-order valence-corrected chi connectivity index (χ0v) is 18.0. The van der Waals surface area contributed by atoms with Crippen molar-refractivity contribution in [2.75, 3.05) is 14.2 Å². The Kier molecular flexibility index (Phi) is 5.94. The lowest BCUT2D eigenvalue weighted by Crippen LogP contribution is -2.01. The SMILES string of the molecule is COC(=O)c1ccc(/C=C2\Oc3c(ccc(OCc4ccc(OC)cc4)c3C)C2=O)cc1. The number of methoxy groups -OCH3 is 2. The fourth-order valence-corrected chi connectivity index (χ4v) is 3.39. The highest BCUT2D eigenvalue weighted by molar-refractivity contribution is 6.15. The van der Waals surface area contributed by atoms with Crippen LogP contribution in [0.3, 0.4) is 0 Å². The maximum atomic E-state index is 12.8. The van der Waals surface area contributed by atoms with Gasteiger partial charge in [0.15, 0.2) is 5.76 Å². The predicted octanol–water partition coefficient (Wildman–Crippen LogP) is 4.99. The highest BCUT2D eigenvalue weighted by Crippen LogP contribution is 2.39. The van der Waals surface area contributed by atoms with Crippen molar-refractivity contribution >= 4 is 17.8 Å². The Morgan fingerprint density at radius 3 is 2.34 bits per heavy atom. The van der Waals surface area contributed by atoms with Crippen LogP contribution in [-0.2, 0) is 11.3 Å². The number of carbonyl (C=O) groups is 2. The lowest BCUT2D eigenvalue weighted by atomic mass is 10.1. The first-order chi connectivity index (χ1) is 15.5. The van der Waals surface area contributed by atoms with Crippen LogP contribution in [0.2, 0.25) is 0 Å². The third-order valence-corrected chi connectivity index (χ3v) is 5.22. The first-order valence-electron chi connectivity index (χ1n) is 10.0. The van der Waals surface area contributed by atoms with Crippen molar-refractivity contribution in [2.24, 2.45) is 0 Å². The molecule has 3 aromatic carbocycles. The van der Waals surface area contributed by atoms with Crippen LogP contribution in [0, 0.1) is 6.92 Å². The summed E-state index contributed by atoms with van der Waals surface area (Å²) in [5.74, 6) is 1.55. The minimum Gasteiger partial charge on any atom is -0.497 e. The van der Waals surface area contributed by atoms with E-state index in [1.54, 1.807) is 49.6 Å². The molecule has 6 nitrogen and oxygen atoms in total. The Morgan fingerprint density at radius 2 is 1.69 bits per heavy atom. The summed E-state index contributed by atoms with van der Waals surface area (Å²) in [6.45, 7) is 2.25. The van der Waals surface area contributed by atoms with E-state index in [2.05, 4.69) is 0 Å². The summed E-state index contributed by atoms with van der Waals surface area (Å²) in [4.78, 5) is 24.4. The van der Waals surface area contributed by atoms with E-state index in [-0.39, 0.29) is 11.5 Å². The van der Waals surface area contributed by atoms with Gasteiger partial charge in [0.25, 0.3) is 0 Å². The second kappa shape index (κ2) is 8.98. The summed E-state index contributed by atoms with van der Waals surface area (Å²) >= 11 is 0. The number of esters is 1. The summed E-state index contributed by atoms with van der Waals surface area (Å²) in [7, 11) is 2.96. The quantitative estimate of drug-likeness (QED) is 0.406. The Morgan fingerprint density at radius 1 is 0.969 bits per heavy atom. The minimum absolute atomic E-state index is 0.193. The van der Waals surface area contributed by atoms with Crippen LogP contribution in [0.25, 0.3) is 6.08 Å². The molecule has 0 aromatic heterocycles. The third-order valence-electron chi connectivity index (χ3n) is 5.22. The number of fused-ring (bicyclic) bond motifs is 1. The average Bonchev–Trinajstić information content (AvgIpc) is 3.15. The van der Waals surface area contributed by atoms with Gasteiger partial charge in [-0.25, -0.2) is 4.79 Å². The number of ketones is 1. The average molecular weight is 430 g/mol. The molecule has 6 heteroatoms. The number of Topliss-reactive ketones (excluding diaryl/α,β-unsaturated/α-hetero) is 1. The molecule has 0 aliphatic carbocycles. The number of hydrogen-bond acceptors (Lipinski definition) is 6. The molecular formula is C26H22O6. The Bertz CT molecular complexity index is 1190. The smallest absolute Gasteiger partial charge is 0.337 e. The van der Waals surface area contributed by atoms with Gasteiger partial charge in [-0.15, -0.1) is 0 Å². The standard InChI is InChI=1S/C26H22O6/c1-16-22(31-15-18-6-10-20(29-2)11-7-18)13-12-21-24(27)23(32-25(16)21)14-17-4-8-19(9-5-17)26(28)30-3/h4-14H,15H2,1-3H3/b23-14-. The van der Waals surface area contributed by atoms with E-state index in [4.69, 9.17) is 18.9 Å². The van der Waals surface area contributed by atoms with E-state index >= 15 is 0 Å². The molecule has 162 valence electrons. The van der Waals surface area contributed by atoms with Crippen LogP contribution in [0.4, 0.5) is 0 Å². The highest BCUT2D eigenvalue weighted by Gasteiger charge is 2.30. The number of rotatable bonds is 6. The van der Waals surface area contributed by atoms with Crippen molar-refractivity contribution in [3.8, 4) is 17.2 Å². The number of allylic oxidation sites excluding steroid dienone is 1. The van der Waals surface area contributed by atoms with E-state index < -0.39 is 5.97 Å². The van der Waals surface area contributed by atoms with E-state index in [1.165, 1.54) is 7.11 Å². The van der Waals surface area contributed by atoms with Crippen molar-refractivity contribution < 1.29 is 28.5 Å². The minimum atomic E-state index is -0.414. The van der Waals surface area contributed by atoms with Crippen molar-refractivity contribution in [1.29, 1.82) is 0 Å².